The molecule has 6 heteroatoms. The Labute approximate surface area is 142 Å². The first-order valence-corrected chi connectivity index (χ1v) is 8.20. The predicted molar refractivity (Wildman–Crippen MR) is 91.7 cm³/mol. The number of benzene rings is 2. The molecule has 5 nitrogen and oxygen atoms in total. The Hall–Kier alpha value is -2.34. The van der Waals surface area contributed by atoms with Gasteiger partial charge in [0.15, 0.2) is 0 Å². The molecule has 1 aliphatic heterocycles. The second-order valence-corrected chi connectivity index (χ2v) is 6.43. The molecular formula is C17H15BrN4O. The summed E-state index contributed by atoms with van der Waals surface area (Å²) in [6, 6.07) is 14.2. The topological polar surface area (TPSA) is 66.0 Å². The van der Waals surface area contributed by atoms with Crippen molar-refractivity contribution in [2.45, 2.75) is 19.4 Å². The third-order valence-corrected chi connectivity index (χ3v) is 4.51. The highest BCUT2D eigenvalue weighted by Crippen LogP contribution is 2.29. The second kappa shape index (κ2) is 5.70. The normalized spacial score (nSPS) is 12.6. The number of nitrogens with zero attached hydrogens (tertiary/aromatic N) is 3. The molecule has 2 heterocycles. The fourth-order valence-electron chi connectivity index (χ4n) is 2.82. The van der Waals surface area contributed by atoms with Gasteiger partial charge in [-0.2, -0.15) is 0 Å². The third-order valence-electron chi connectivity index (χ3n) is 3.98. The molecule has 1 aromatic heterocycles. The molecule has 0 spiro atoms. The lowest BCUT2D eigenvalue weighted by Gasteiger charge is -2.19. The van der Waals surface area contributed by atoms with Crippen molar-refractivity contribution >= 4 is 21.9 Å². The van der Waals surface area contributed by atoms with E-state index in [9.17, 15) is 0 Å². The summed E-state index contributed by atoms with van der Waals surface area (Å²) in [6.45, 7) is 0.548. The summed E-state index contributed by atoms with van der Waals surface area (Å²) in [5.74, 6) is 2.21. The van der Waals surface area contributed by atoms with Gasteiger partial charge in [0.05, 0.1) is 5.69 Å². The van der Waals surface area contributed by atoms with E-state index in [1.54, 1.807) is 0 Å². The van der Waals surface area contributed by atoms with E-state index in [0.717, 1.165) is 40.1 Å². The van der Waals surface area contributed by atoms with E-state index in [2.05, 4.69) is 32.2 Å². The van der Waals surface area contributed by atoms with E-state index >= 15 is 0 Å². The van der Waals surface area contributed by atoms with Crippen molar-refractivity contribution < 1.29 is 4.74 Å². The summed E-state index contributed by atoms with van der Waals surface area (Å²) in [4.78, 5) is 0. The highest BCUT2D eigenvalue weighted by molar-refractivity contribution is 9.10. The van der Waals surface area contributed by atoms with E-state index in [1.807, 2.05) is 41.0 Å². The van der Waals surface area contributed by atoms with Gasteiger partial charge in [-0.25, -0.2) is 0 Å². The van der Waals surface area contributed by atoms with Crippen molar-refractivity contribution in [1.29, 1.82) is 0 Å². The molecular weight excluding hydrogens is 356 g/mol. The number of aryl methyl sites for hydroxylation is 2. The van der Waals surface area contributed by atoms with Crippen molar-refractivity contribution in [3.63, 3.8) is 0 Å². The fourth-order valence-corrected chi connectivity index (χ4v) is 3.08. The zero-order valence-electron chi connectivity index (χ0n) is 12.4. The molecule has 0 atom stereocenters. The van der Waals surface area contributed by atoms with E-state index in [0.29, 0.717) is 12.6 Å². The molecule has 0 radical (unpaired) electrons. The zero-order chi connectivity index (χ0) is 15.8. The van der Waals surface area contributed by atoms with Crippen molar-refractivity contribution in [3.05, 3.63) is 63.9 Å². The molecule has 0 aliphatic carbocycles. The average molecular weight is 371 g/mol. The van der Waals surface area contributed by atoms with Crippen LogP contribution in [-0.2, 0) is 19.4 Å². The van der Waals surface area contributed by atoms with Crippen LogP contribution in [0, 0.1) is 0 Å². The Morgan fingerprint density at radius 2 is 1.91 bits per heavy atom. The molecule has 4 rings (SSSR count). The molecule has 2 N–H and O–H groups in total. The minimum atomic E-state index is 0.435. The lowest BCUT2D eigenvalue weighted by Crippen LogP contribution is -2.14. The van der Waals surface area contributed by atoms with Crippen LogP contribution in [0.5, 0.6) is 5.75 Å². The summed E-state index contributed by atoms with van der Waals surface area (Å²) in [5, 5.41) is 8.07. The minimum absolute atomic E-state index is 0.435. The van der Waals surface area contributed by atoms with E-state index < -0.39 is 0 Å². The standard InChI is InChI=1S/C17H15BrN4O/c18-13-4-1-11(2-5-13)10-23-14-6-7-15-12(9-14)3-8-16-20-21-17(19)22(15)16/h1-2,4-7,9H,3,8,10H2,(H2,19,21). The van der Waals surface area contributed by atoms with Crippen LogP contribution in [0.25, 0.3) is 5.69 Å². The van der Waals surface area contributed by atoms with Gasteiger partial charge in [-0.3, -0.25) is 4.57 Å². The van der Waals surface area contributed by atoms with E-state index in [1.165, 1.54) is 5.56 Å². The maximum atomic E-state index is 5.92. The minimum Gasteiger partial charge on any atom is -0.489 e. The lowest BCUT2D eigenvalue weighted by atomic mass is 10.0. The molecule has 1 aliphatic rings. The SMILES string of the molecule is Nc1nnc2n1-c1ccc(OCc3ccc(Br)cc3)cc1CC2. The Kier molecular flexibility index (Phi) is 3.53. The highest BCUT2D eigenvalue weighted by atomic mass is 79.9. The van der Waals surface area contributed by atoms with Gasteiger partial charge in [-0.1, -0.05) is 28.1 Å². The lowest BCUT2D eigenvalue weighted by molar-refractivity contribution is 0.306. The summed E-state index contributed by atoms with van der Waals surface area (Å²) < 4.78 is 8.89. The largest absolute Gasteiger partial charge is 0.489 e. The van der Waals surface area contributed by atoms with E-state index in [4.69, 9.17) is 10.5 Å². The number of aromatic nitrogens is 3. The molecule has 3 aromatic rings. The van der Waals surface area contributed by atoms with Gasteiger partial charge in [-0.15, -0.1) is 10.2 Å². The van der Waals surface area contributed by atoms with Gasteiger partial charge in [0.25, 0.3) is 0 Å². The van der Waals surface area contributed by atoms with Crippen LogP contribution in [0.1, 0.15) is 17.0 Å². The highest BCUT2D eigenvalue weighted by Gasteiger charge is 2.20. The molecule has 0 bridgehead atoms. The van der Waals surface area contributed by atoms with Crippen molar-refractivity contribution in [2.24, 2.45) is 0 Å². The van der Waals surface area contributed by atoms with Gasteiger partial charge in [0.2, 0.25) is 5.95 Å². The van der Waals surface area contributed by atoms with Crippen molar-refractivity contribution in [1.82, 2.24) is 14.8 Å². The first-order chi connectivity index (χ1) is 11.2. The van der Waals surface area contributed by atoms with Crippen LogP contribution < -0.4 is 10.5 Å². The molecule has 0 fully saturated rings. The molecule has 0 saturated carbocycles. The number of nitrogen functional groups attached to an aromatic ring is 1. The van der Waals surface area contributed by atoms with Crippen LogP contribution in [0.2, 0.25) is 0 Å². The maximum absolute atomic E-state index is 5.92. The van der Waals surface area contributed by atoms with Crippen LogP contribution in [0.4, 0.5) is 5.95 Å². The number of fused-ring (bicyclic) bond motifs is 3. The maximum Gasteiger partial charge on any atom is 0.226 e. The van der Waals surface area contributed by atoms with Crippen LogP contribution in [0.15, 0.2) is 46.9 Å². The van der Waals surface area contributed by atoms with Crippen LogP contribution in [-0.4, -0.2) is 14.8 Å². The molecule has 23 heavy (non-hydrogen) atoms. The van der Waals surface area contributed by atoms with Gasteiger partial charge in [-0.05, 0) is 47.9 Å². The summed E-state index contributed by atoms with van der Waals surface area (Å²) >= 11 is 3.43. The summed E-state index contributed by atoms with van der Waals surface area (Å²) in [6.07, 6.45) is 1.76. The van der Waals surface area contributed by atoms with Gasteiger partial charge < -0.3 is 10.5 Å². The first kappa shape index (κ1) is 14.3. The van der Waals surface area contributed by atoms with Crippen molar-refractivity contribution in [2.75, 3.05) is 5.73 Å². The Morgan fingerprint density at radius 1 is 1.09 bits per heavy atom. The fraction of sp³-hybridized carbons (Fsp3) is 0.176. The predicted octanol–water partition coefficient (Wildman–Crippen LogP) is 3.29. The number of nitrogens with two attached hydrogens (primary N) is 1. The molecule has 0 saturated heterocycles. The van der Waals surface area contributed by atoms with Crippen LogP contribution >= 0.6 is 15.9 Å². The molecule has 0 amide bonds. The number of hydrogen-bond acceptors (Lipinski definition) is 4. The summed E-state index contributed by atoms with van der Waals surface area (Å²) in [5.41, 5.74) is 9.30. The van der Waals surface area contributed by atoms with Gasteiger partial charge >= 0.3 is 0 Å². The van der Waals surface area contributed by atoms with Gasteiger partial charge in [0.1, 0.15) is 18.2 Å². The number of hydrogen-bond donors (Lipinski definition) is 1. The average Bonchev–Trinajstić information content (AvgIpc) is 2.96. The third kappa shape index (κ3) is 2.70. The smallest absolute Gasteiger partial charge is 0.226 e. The number of anilines is 1. The number of ether oxygens (including phenoxy) is 1. The Morgan fingerprint density at radius 3 is 2.74 bits per heavy atom. The monoisotopic (exact) mass is 370 g/mol. The van der Waals surface area contributed by atoms with Gasteiger partial charge in [0, 0.05) is 10.9 Å². The zero-order valence-corrected chi connectivity index (χ0v) is 14.0. The molecule has 0 unspecified atom stereocenters. The van der Waals surface area contributed by atoms with Crippen LogP contribution in [0.3, 0.4) is 0 Å². The first-order valence-electron chi connectivity index (χ1n) is 7.41. The van der Waals surface area contributed by atoms with E-state index in [-0.39, 0.29) is 0 Å². The molecule has 116 valence electrons. The molecule has 2 aromatic carbocycles. The number of halogens is 1. The number of rotatable bonds is 3. The van der Waals surface area contributed by atoms with Crippen molar-refractivity contribution in [3.8, 4) is 11.4 Å². The Bertz CT molecular complexity index is 858. The quantitative estimate of drug-likeness (QED) is 0.767. The Balaban J connectivity index is 1.56. The summed E-state index contributed by atoms with van der Waals surface area (Å²) in [7, 11) is 0. The second-order valence-electron chi connectivity index (χ2n) is 5.52.